The predicted octanol–water partition coefficient (Wildman–Crippen LogP) is 2.53. The average molecular weight is 339 g/mol. The van der Waals surface area contributed by atoms with Crippen LogP contribution >= 0.6 is 31.9 Å². The number of fused-ring (bicyclic) bond motifs is 1. The zero-order valence-electron chi connectivity index (χ0n) is 7.04. The lowest BCUT2D eigenvalue weighted by Crippen LogP contribution is -2.14. The van der Waals surface area contributed by atoms with Crippen LogP contribution in [0.25, 0.3) is 0 Å². The number of nitrogens with one attached hydrogen (secondary N) is 1. The van der Waals surface area contributed by atoms with Crippen LogP contribution in [0.15, 0.2) is 13.9 Å². The molecule has 0 unspecified atom stereocenters. The van der Waals surface area contributed by atoms with Crippen molar-refractivity contribution in [3.8, 4) is 0 Å². The van der Waals surface area contributed by atoms with Crippen LogP contribution in [0.2, 0.25) is 0 Å². The Morgan fingerprint density at radius 3 is 2.07 bits per heavy atom. The molecule has 0 saturated heterocycles. The van der Waals surface area contributed by atoms with E-state index in [1.165, 1.54) is 0 Å². The number of hydrogen-bond donors (Lipinski definition) is 2. The van der Waals surface area contributed by atoms with Crippen molar-refractivity contribution >= 4 is 43.5 Å². The van der Waals surface area contributed by atoms with Crippen LogP contribution in [-0.4, -0.2) is 11.7 Å². The Morgan fingerprint density at radius 1 is 1.07 bits per heavy atom. The SMILES string of the molecule is N=C1N=C(N)c2c(F)c(Br)c(Br)c(F)c21. The summed E-state index contributed by atoms with van der Waals surface area (Å²) in [5.41, 5.74) is 5.02. The van der Waals surface area contributed by atoms with E-state index in [0.717, 1.165) is 0 Å². The van der Waals surface area contributed by atoms with E-state index in [2.05, 4.69) is 36.9 Å². The van der Waals surface area contributed by atoms with Crippen molar-refractivity contribution < 1.29 is 8.78 Å². The van der Waals surface area contributed by atoms with Gasteiger partial charge in [-0.15, -0.1) is 0 Å². The second-order valence-corrected chi connectivity index (χ2v) is 4.44. The highest BCUT2D eigenvalue weighted by molar-refractivity contribution is 9.13. The number of aliphatic imine (C=N–C) groups is 1. The summed E-state index contributed by atoms with van der Waals surface area (Å²) >= 11 is 5.77. The molecular weight excluding hydrogens is 336 g/mol. The lowest BCUT2D eigenvalue weighted by Gasteiger charge is -2.07. The molecule has 0 spiro atoms. The maximum absolute atomic E-state index is 13.7. The molecule has 15 heavy (non-hydrogen) atoms. The van der Waals surface area contributed by atoms with Gasteiger partial charge in [-0.05, 0) is 31.9 Å². The van der Waals surface area contributed by atoms with E-state index in [1.807, 2.05) is 0 Å². The van der Waals surface area contributed by atoms with Gasteiger partial charge in [-0.2, -0.15) is 0 Å². The first kappa shape index (κ1) is 10.7. The van der Waals surface area contributed by atoms with Crippen molar-refractivity contribution in [2.45, 2.75) is 0 Å². The minimum absolute atomic E-state index is 0.0633. The van der Waals surface area contributed by atoms with Crippen molar-refractivity contribution in [3.63, 3.8) is 0 Å². The van der Waals surface area contributed by atoms with Crippen molar-refractivity contribution in [2.24, 2.45) is 10.7 Å². The molecule has 1 aliphatic heterocycles. The number of hydrogen-bond acceptors (Lipinski definition) is 2. The molecule has 78 valence electrons. The Morgan fingerprint density at radius 2 is 1.53 bits per heavy atom. The molecule has 1 aromatic carbocycles. The molecule has 3 N–H and O–H groups in total. The predicted molar refractivity (Wildman–Crippen MR) is 59.3 cm³/mol. The van der Waals surface area contributed by atoms with E-state index in [1.54, 1.807) is 0 Å². The van der Waals surface area contributed by atoms with Crippen molar-refractivity contribution in [2.75, 3.05) is 0 Å². The Kier molecular flexibility index (Phi) is 2.38. The fourth-order valence-corrected chi connectivity index (χ4v) is 2.07. The lowest BCUT2D eigenvalue weighted by molar-refractivity contribution is 0.585. The third-order valence-electron chi connectivity index (χ3n) is 1.99. The number of benzene rings is 1. The quantitative estimate of drug-likeness (QED) is 0.554. The Balaban J connectivity index is 2.92. The number of nitrogens with zero attached hydrogens (tertiary/aromatic N) is 1. The standard InChI is InChI=1S/C8H3Br2F2N3/c9-3-4(10)6(12)2-1(5(3)11)7(13)15-8(2)14/h(H3,13,14,15). The van der Waals surface area contributed by atoms with Crippen LogP contribution in [0.3, 0.4) is 0 Å². The molecule has 1 aromatic rings. The molecule has 0 fully saturated rings. The van der Waals surface area contributed by atoms with E-state index >= 15 is 0 Å². The van der Waals surface area contributed by atoms with Crippen LogP contribution in [-0.2, 0) is 0 Å². The molecule has 0 amide bonds. The van der Waals surface area contributed by atoms with Gasteiger partial charge in [0.2, 0.25) is 0 Å². The third kappa shape index (κ3) is 1.33. The fraction of sp³-hybridized carbons (Fsp3) is 0. The summed E-state index contributed by atoms with van der Waals surface area (Å²) in [5.74, 6) is -2.01. The summed E-state index contributed by atoms with van der Waals surface area (Å²) in [4.78, 5) is 3.52. The average Bonchev–Trinajstić information content (AvgIpc) is 2.47. The van der Waals surface area contributed by atoms with Crippen molar-refractivity contribution in [1.82, 2.24) is 0 Å². The molecule has 7 heteroatoms. The lowest BCUT2D eigenvalue weighted by atomic mass is 10.1. The van der Waals surface area contributed by atoms with Gasteiger partial charge in [-0.25, -0.2) is 13.8 Å². The highest BCUT2D eigenvalue weighted by Crippen LogP contribution is 2.36. The van der Waals surface area contributed by atoms with Gasteiger partial charge in [-0.3, -0.25) is 5.41 Å². The van der Waals surface area contributed by atoms with E-state index in [0.29, 0.717) is 0 Å². The normalized spacial score (nSPS) is 14.1. The topological polar surface area (TPSA) is 62.2 Å². The molecule has 0 aliphatic carbocycles. The molecule has 0 aromatic heterocycles. The summed E-state index contributed by atoms with van der Waals surface area (Å²) in [5, 5.41) is 7.36. The minimum atomic E-state index is -0.743. The van der Waals surface area contributed by atoms with E-state index in [4.69, 9.17) is 11.1 Å². The van der Waals surface area contributed by atoms with Crippen LogP contribution in [0.4, 0.5) is 8.78 Å². The smallest absolute Gasteiger partial charge is 0.158 e. The summed E-state index contributed by atoms with van der Waals surface area (Å²) < 4.78 is 27.2. The largest absolute Gasteiger partial charge is 0.383 e. The van der Waals surface area contributed by atoms with Gasteiger partial charge < -0.3 is 5.73 Å². The molecule has 2 rings (SSSR count). The van der Waals surface area contributed by atoms with Gasteiger partial charge in [-0.1, -0.05) is 0 Å². The van der Waals surface area contributed by atoms with Crippen molar-refractivity contribution in [3.05, 3.63) is 31.7 Å². The van der Waals surface area contributed by atoms with E-state index in [-0.39, 0.29) is 31.7 Å². The maximum Gasteiger partial charge on any atom is 0.158 e. The maximum atomic E-state index is 13.7. The monoisotopic (exact) mass is 337 g/mol. The highest BCUT2D eigenvalue weighted by atomic mass is 79.9. The highest BCUT2D eigenvalue weighted by Gasteiger charge is 2.30. The fourth-order valence-electron chi connectivity index (χ4n) is 1.33. The van der Waals surface area contributed by atoms with Gasteiger partial charge in [0.1, 0.15) is 17.5 Å². The first-order valence-electron chi connectivity index (χ1n) is 3.74. The molecular formula is C8H3Br2F2N3. The summed E-state index contributed by atoms with van der Waals surface area (Å²) in [6.07, 6.45) is 0. The van der Waals surface area contributed by atoms with Crippen LogP contribution in [0.5, 0.6) is 0 Å². The zero-order chi connectivity index (χ0) is 11.3. The molecule has 3 nitrogen and oxygen atoms in total. The third-order valence-corrected chi connectivity index (χ3v) is 4.01. The van der Waals surface area contributed by atoms with Gasteiger partial charge in [0.25, 0.3) is 0 Å². The number of amidine groups is 2. The van der Waals surface area contributed by atoms with Crippen LogP contribution < -0.4 is 5.73 Å². The summed E-state index contributed by atoms with van der Waals surface area (Å²) in [6, 6.07) is 0. The van der Waals surface area contributed by atoms with E-state index < -0.39 is 11.6 Å². The first-order valence-corrected chi connectivity index (χ1v) is 5.33. The Hall–Kier alpha value is -0.820. The first-order chi connectivity index (χ1) is 6.95. The van der Waals surface area contributed by atoms with Crippen LogP contribution in [0.1, 0.15) is 11.1 Å². The number of halogens is 4. The Bertz CT molecular complexity index is 525. The number of rotatable bonds is 0. The minimum Gasteiger partial charge on any atom is -0.383 e. The Labute approximate surface area is 100 Å². The molecule has 1 heterocycles. The summed E-state index contributed by atoms with van der Waals surface area (Å²) in [7, 11) is 0. The molecule has 0 atom stereocenters. The zero-order valence-corrected chi connectivity index (χ0v) is 10.2. The molecule has 1 aliphatic rings. The second-order valence-electron chi connectivity index (χ2n) is 2.85. The van der Waals surface area contributed by atoms with E-state index in [9.17, 15) is 8.78 Å². The van der Waals surface area contributed by atoms with Crippen LogP contribution in [0, 0.1) is 17.0 Å². The van der Waals surface area contributed by atoms with Gasteiger partial charge >= 0.3 is 0 Å². The number of nitrogens with two attached hydrogens (primary N) is 1. The molecule has 0 bridgehead atoms. The van der Waals surface area contributed by atoms with Crippen molar-refractivity contribution in [1.29, 1.82) is 5.41 Å². The second kappa shape index (κ2) is 3.34. The van der Waals surface area contributed by atoms with Gasteiger partial charge in [0.15, 0.2) is 5.84 Å². The molecule has 0 saturated carbocycles. The summed E-state index contributed by atoms with van der Waals surface area (Å²) in [6.45, 7) is 0. The molecule has 0 radical (unpaired) electrons. The van der Waals surface area contributed by atoms with Gasteiger partial charge in [0.05, 0.1) is 20.1 Å². The van der Waals surface area contributed by atoms with Gasteiger partial charge in [0, 0.05) is 0 Å².